The Morgan fingerprint density at radius 1 is 1.11 bits per heavy atom. The lowest BCUT2D eigenvalue weighted by Crippen LogP contribution is -2.46. The predicted octanol–water partition coefficient (Wildman–Crippen LogP) is 1.07. The molecule has 1 aliphatic carbocycles. The van der Waals surface area contributed by atoms with E-state index in [9.17, 15) is 4.79 Å². The van der Waals surface area contributed by atoms with Crippen LogP contribution in [0.2, 0.25) is 0 Å². The van der Waals surface area contributed by atoms with E-state index in [4.69, 9.17) is 0 Å². The third kappa shape index (κ3) is 4.58. The molecule has 1 heterocycles. The van der Waals surface area contributed by atoms with Crippen LogP contribution in [0.5, 0.6) is 0 Å². The van der Waals surface area contributed by atoms with Crippen LogP contribution in [0.15, 0.2) is 0 Å². The number of rotatable bonds is 4. The number of amides is 1. The van der Waals surface area contributed by atoms with Gasteiger partial charge < -0.3 is 15.1 Å². The van der Waals surface area contributed by atoms with E-state index in [1.54, 1.807) is 0 Å². The van der Waals surface area contributed by atoms with Crippen LogP contribution in [0.3, 0.4) is 0 Å². The zero-order valence-corrected chi connectivity index (χ0v) is 11.7. The molecule has 0 bridgehead atoms. The number of piperazine rings is 1. The van der Waals surface area contributed by atoms with Crippen LogP contribution < -0.4 is 5.32 Å². The van der Waals surface area contributed by atoms with Gasteiger partial charge in [0, 0.05) is 45.2 Å². The van der Waals surface area contributed by atoms with Crippen LogP contribution in [0, 0.1) is 0 Å². The number of hydrogen-bond donors (Lipinski definition) is 1. The predicted molar refractivity (Wildman–Crippen MR) is 73.6 cm³/mol. The molecule has 0 aromatic heterocycles. The highest BCUT2D eigenvalue weighted by Crippen LogP contribution is 2.17. The van der Waals surface area contributed by atoms with Gasteiger partial charge in [-0.1, -0.05) is 19.3 Å². The Labute approximate surface area is 111 Å². The second kappa shape index (κ2) is 7.10. The molecule has 0 unspecified atom stereocenters. The minimum absolute atomic E-state index is 0.251. The fourth-order valence-corrected chi connectivity index (χ4v) is 2.88. The molecule has 0 radical (unpaired) electrons. The lowest BCUT2D eigenvalue weighted by Gasteiger charge is -2.32. The monoisotopic (exact) mass is 253 g/mol. The number of hydrogen-bond acceptors (Lipinski definition) is 3. The highest BCUT2D eigenvalue weighted by atomic mass is 16.1. The number of carbonyl (C=O) groups is 1. The molecular formula is C14H27N3O. The number of carbonyl (C=O) groups excluding carboxylic acids is 1. The second-order valence-electron chi connectivity index (χ2n) is 5.80. The first kappa shape index (κ1) is 13.8. The molecular weight excluding hydrogens is 226 g/mol. The molecule has 2 aliphatic rings. The van der Waals surface area contributed by atoms with E-state index >= 15 is 0 Å². The van der Waals surface area contributed by atoms with Gasteiger partial charge in [-0.05, 0) is 19.9 Å². The fourth-order valence-electron chi connectivity index (χ4n) is 2.88. The molecule has 0 spiro atoms. The van der Waals surface area contributed by atoms with Gasteiger partial charge in [0.1, 0.15) is 0 Å². The first-order valence-corrected chi connectivity index (χ1v) is 7.44. The van der Waals surface area contributed by atoms with Crippen LogP contribution in [-0.2, 0) is 4.79 Å². The van der Waals surface area contributed by atoms with Crippen molar-refractivity contribution in [2.24, 2.45) is 0 Å². The van der Waals surface area contributed by atoms with Gasteiger partial charge in [-0.15, -0.1) is 0 Å². The summed E-state index contributed by atoms with van der Waals surface area (Å²) in [7, 11) is 2.16. The molecule has 1 N–H and O–H groups in total. The standard InChI is InChI=1S/C14H27N3O/c1-16-9-11-17(12-10-16)8-7-14(18)15-13-5-3-2-4-6-13/h13H,2-12H2,1H3,(H,15,18). The van der Waals surface area contributed by atoms with Crippen molar-refractivity contribution in [3.63, 3.8) is 0 Å². The number of likely N-dealkylation sites (N-methyl/N-ethyl adjacent to an activating group) is 1. The van der Waals surface area contributed by atoms with Gasteiger partial charge in [-0.3, -0.25) is 4.79 Å². The highest BCUT2D eigenvalue weighted by Gasteiger charge is 2.17. The van der Waals surface area contributed by atoms with Crippen molar-refractivity contribution < 1.29 is 4.79 Å². The zero-order valence-electron chi connectivity index (χ0n) is 11.7. The van der Waals surface area contributed by atoms with Gasteiger partial charge in [0.05, 0.1) is 0 Å². The van der Waals surface area contributed by atoms with Crippen LogP contribution in [0.4, 0.5) is 0 Å². The average molecular weight is 253 g/mol. The Kier molecular flexibility index (Phi) is 5.45. The van der Waals surface area contributed by atoms with Crippen LogP contribution in [-0.4, -0.2) is 61.5 Å². The average Bonchev–Trinajstić information content (AvgIpc) is 2.39. The maximum absolute atomic E-state index is 11.9. The summed E-state index contributed by atoms with van der Waals surface area (Å²) >= 11 is 0. The van der Waals surface area contributed by atoms with Crippen LogP contribution >= 0.6 is 0 Å². The van der Waals surface area contributed by atoms with E-state index in [0.717, 1.165) is 32.7 Å². The molecule has 1 saturated heterocycles. The Hall–Kier alpha value is -0.610. The molecule has 104 valence electrons. The summed E-state index contributed by atoms with van der Waals surface area (Å²) in [6.07, 6.45) is 6.93. The molecule has 1 saturated carbocycles. The van der Waals surface area contributed by atoms with Crippen molar-refractivity contribution in [1.82, 2.24) is 15.1 Å². The third-order valence-corrected chi connectivity index (χ3v) is 4.22. The summed E-state index contributed by atoms with van der Waals surface area (Å²) in [5, 5.41) is 3.19. The van der Waals surface area contributed by atoms with Crippen molar-refractivity contribution in [1.29, 1.82) is 0 Å². The maximum Gasteiger partial charge on any atom is 0.221 e. The third-order valence-electron chi connectivity index (χ3n) is 4.22. The number of nitrogens with one attached hydrogen (secondary N) is 1. The summed E-state index contributed by atoms with van der Waals surface area (Å²) in [5.74, 6) is 0.251. The maximum atomic E-state index is 11.9. The van der Waals surface area contributed by atoms with Gasteiger partial charge in [0.15, 0.2) is 0 Å². The Morgan fingerprint density at radius 3 is 2.44 bits per heavy atom. The molecule has 4 nitrogen and oxygen atoms in total. The van der Waals surface area contributed by atoms with Crippen molar-refractivity contribution in [3.8, 4) is 0 Å². The first-order chi connectivity index (χ1) is 8.74. The van der Waals surface area contributed by atoms with E-state index in [0.29, 0.717) is 12.5 Å². The van der Waals surface area contributed by atoms with E-state index in [1.165, 1.54) is 32.1 Å². The SMILES string of the molecule is CN1CCN(CCC(=O)NC2CCCCC2)CC1. The van der Waals surface area contributed by atoms with Crippen molar-refractivity contribution >= 4 is 5.91 Å². The van der Waals surface area contributed by atoms with Crippen molar-refractivity contribution in [3.05, 3.63) is 0 Å². The smallest absolute Gasteiger partial charge is 0.221 e. The fraction of sp³-hybridized carbons (Fsp3) is 0.929. The topological polar surface area (TPSA) is 35.6 Å². The largest absolute Gasteiger partial charge is 0.353 e. The van der Waals surface area contributed by atoms with E-state index in [2.05, 4.69) is 22.2 Å². The Balaban J connectivity index is 1.59. The quantitative estimate of drug-likeness (QED) is 0.814. The molecule has 2 rings (SSSR count). The molecule has 1 amide bonds. The molecule has 2 fully saturated rings. The van der Waals surface area contributed by atoms with Crippen LogP contribution in [0.25, 0.3) is 0 Å². The summed E-state index contributed by atoms with van der Waals surface area (Å²) < 4.78 is 0. The highest BCUT2D eigenvalue weighted by molar-refractivity contribution is 5.76. The molecule has 0 atom stereocenters. The van der Waals surface area contributed by atoms with Crippen molar-refractivity contribution in [2.45, 2.75) is 44.6 Å². The Morgan fingerprint density at radius 2 is 1.78 bits per heavy atom. The minimum Gasteiger partial charge on any atom is -0.353 e. The van der Waals surface area contributed by atoms with Gasteiger partial charge >= 0.3 is 0 Å². The molecule has 1 aliphatic heterocycles. The summed E-state index contributed by atoms with van der Waals surface area (Å²) in [4.78, 5) is 16.6. The molecule has 0 aromatic carbocycles. The second-order valence-corrected chi connectivity index (χ2v) is 5.80. The summed E-state index contributed by atoms with van der Waals surface area (Å²) in [6, 6.07) is 0.457. The summed E-state index contributed by atoms with van der Waals surface area (Å²) in [5.41, 5.74) is 0. The minimum atomic E-state index is 0.251. The van der Waals surface area contributed by atoms with E-state index in [1.807, 2.05) is 0 Å². The Bertz CT molecular complexity index is 256. The van der Waals surface area contributed by atoms with Gasteiger partial charge in [0.2, 0.25) is 5.91 Å². The van der Waals surface area contributed by atoms with Gasteiger partial charge in [0.25, 0.3) is 0 Å². The van der Waals surface area contributed by atoms with Gasteiger partial charge in [-0.25, -0.2) is 0 Å². The number of nitrogens with zero attached hydrogens (tertiary/aromatic N) is 2. The lowest BCUT2D eigenvalue weighted by molar-refractivity contribution is -0.122. The molecule has 18 heavy (non-hydrogen) atoms. The lowest BCUT2D eigenvalue weighted by atomic mass is 9.95. The van der Waals surface area contributed by atoms with E-state index in [-0.39, 0.29) is 5.91 Å². The van der Waals surface area contributed by atoms with Crippen LogP contribution in [0.1, 0.15) is 38.5 Å². The zero-order chi connectivity index (χ0) is 12.8. The van der Waals surface area contributed by atoms with Gasteiger partial charge in [-0.2, -0.15) is 0 Å². The normalized spacial score (nSPS) is 24.1. The molecule has 0 aromatic rings. The van der Waals surface area contributed by atoms with E-state index < -0.39 is 0 Å². The molecule has 4 heteroatoms. The first-order valence-electron chi connectivity index (χ1n) is 7.44. The summed E-state index contributed by atoms with van der Waals surface area (Å²) in [6.45, 7) is 5.39. The van der Waals surface area contributed by atoms with Crippen molar-refractivity contribution in [2.75, 3.05) is 39.8 Å².